The number of hydrogen-bond donors (Lipinski definition) is 3. The Morgan fingerprint density at radius 2 is 1.38 bits per heavy atom. The molecule has 0 saturated heterocycles. The molecule has 0 aliphatic carbocycles. The Morgan fingerprint density at radius 1 is 0.750 bits per heavy atom. The summed E-state index contributed by atoms with van der Waals surface area (Å²) in [4.78, 5) is 61.5. The van der Waals surface area contributed by atoms with Crippen LogP contribution < -0.4 is 20.9 Å². The molecular weight excluding hydrogens is 981 g/mol. The van der Waals surface area contributed by atoms with Crippen LogP contribution in [0, 0.1) is 5.92 Å². The molecule has 5 aromatic carbocycles. The minimum Gasteiger partial charge on any atom is -0.508 e. The number of carboxylic acids is 2. The number of carbonyl (C=O) groups is 2. The number of aromatic nitrogens is 5. The van der Waals surface area contributed by atoms with E-state index < -0.39 is 17.9 Å². The quantitative estimate of drug-likeness (QED) is 0.105. The van der Waals surface area contributed by atoms with Crippen molar-refractivity contribution < 1.29 is 29.6 Å². The van der Waals surface area contributed by atoms with Gasteiger partial charge in [-0.05, 0) is 143 Å². The third kappa shape index (κ3) is 15.4. The molecule has 1 aliphatic rings. The number of anilines is 2. The van der Waals surface area contributed by atoms with Gasteiger partial charge in [-0.15, -0.1) is 0 Å². The first-order valence-corrected chi connectivity index (χ1v) is 25.7. The van der Waals surface area contributed by atoms with Crippen LogP contribution in [0.2, 0.25) is 0 Å². The second-order valence-corrected chi connectivity index (χ2v) is 20.2. The summed E-state index contributed by atoms with van der Waals surface area (Å²) in [6.45, 7) is 10.5. The van der Waals surface area contributed by atoms with Gasteiger partial charge in [-0.2, -0.15) is 0 Å². The summed E-state index contributed by atoms with van der Waals surface area (Å²) in [6.07, 6.45) is 5.47. The SMILES string of the molecule is CC(CN1c2ccccc2Sc2ccccc21)N(C)C.CC[C@@H](c1cccc(O)c1)[C@@H](C)CN(C)C.COc1ccc2cc([C@H](C)C(=O)O)ccc2c1.Cn1c(=O)c2c(ncn2C)n(C)c1=O.O=C(O)c1cccnc1. The number of phenolic OH excluding ortho intramolecular Hbond substituents is 1. The number of benzene rings is 5. The molecule has 3 aromatic heterocycles. The summed E-state index contributed by atoms with van der Waals surface area (Å²) >= 11 is 1.87. The Labute approximate surface area is 449 Å². The summed E-state index contributed by atoms with van der Waals surface area (Å²) < 4.78 is 9.18. The first-order valence-electron chi connectivity index (χ1n) is 24.9. The average molecular weight is 1050 g/mol. The van der Waals surface area contributed by atoms with E-state index in [1.54, 1.807) is 44.8 Å². The lowest BCUT2D eigenvalue weighted by Gasteiger charge is -2.36. The maximum atomic E-state index is 11.7. The molecule has 0 fully saturated rings. The van der Waals surface area contributed by atoms with Crippen LogP contribution in [0.4, 0.5) is 11.4 Å². The van der Waals surface area contributed by atoms with Gasteiger partial charge in [0.05, 0.1) is 36.3 Å². The van der Waals surface area contributed by atoms with E-state index in [0.29, 0.717) is 34.8 Å². The Bertz CT molecular complexity index is 3270. The van der Waals surface area contributed by atoms with Gasteiger partial charge in [0, 0.05) is 62.5 Å². The van der Waals surface area contributed by atoms with Crippen LogP contribution in [-0.2, 0) is 25.9 Å². The van der Waals surface area contributed by atoms with Gasteiger partial charge in [0.25, 0.3) is 5.56 Å². The number of fused-ring (bicyclic) bond motifs is 4. The van der Waals surface area contributed by atoms with E-state index >= 15 is 0 Å². The van der Waals surface area contributed by atoms with Gasteiger partial charge in [0.15, 0.2) is 11.2 Å². The predicted molar refractivity (Wildman–Crippen MR) is 305 cm³/mol. The van der Waals surface area contributed by atoms with E-state index in [-0.39, 0.29) is 16.8 Å². The van der Waals surface area contributed by atoms with Crippen molar-refractivity contribution in [3.63, 3.8) is 0 Å². The number of imidazole rings is 1. The van der Waals surface area contributed by atoms with Gasteiger partial charge in [-0.1, -0.05) is 86.3 Å². The molecule has 76 heavy (non-hydrogen) atoms. The maximum absolute atomic E-state index is 11.7. The zero-order valence-electron chi connectivity index (χ0n) is 45.6. The summed E-state index contributed by atoms with van der Waals surface area (Å²) in [5.41, 5.74) is 5.11. The number of carboxylic acid groups (broad SMARTS) is 2. The molecule has 402 valence electrons. The molecule has 16 nitrogen and oxygen atoms in total. The van der Waals surface area contributed by atoms with Gasteiger partial charge >= 0.3 is 17.6 Å². The van der Waals surface area contributed by atoms with Gasteiger partial charge in [0.2, 0.25) is 0 Å². The van der Waals surface area contributed by atoms with Gasteiger partial charge in [0.1, 0.15) is 11.5 Å². The van der Waals surface area contributed by atoms with Crippen molar-refractivity contribution >= 4 is 57.0 Å². The van der Waals surface area contributed by atoms with Crippen molar-refractivity contribution in [2.75, 3.05) is 53.3 Å². The summed E-state index contributed by atoms with van der Waals surface area (Å²) in [5, 5.41) is 28.9. The lowest BCUT2D eigenvalue weighted by Crippen LogP contribution is -2.37. The minimum absolute atomic E-state index is 0.220. The molecule has 4 heterocycles. The molecule has 0 bridgehead atoms. The van der Waals surface area contributed by atoms with E-state index in [4.69, 9.17) is 14.9 Å². The normalized spacial score (nSPS) is 12.9. The molecular formula is C59H72N8O8S. The number of methoxy groups -OCH3 is 1. The maximum Gasteiger partial charge on any atom is 0.337 e. The topological polar surface area (TPSA) is 188 Å². The molecule has 9 rings (SSSR count). The van der Waals surface area contributed by atoms with Crippen molar-refractivity contribution in [1.82, 2.24) is 33.5 Å². The number of para-hydroxylation sites is 2. The second-order valence-electron chi connectivity index (χ2n) is 19.1. The molecule has 17 heteroatoms. The van der Waals surface area contributed by atoms with E-state index in [9.17, 15) is 24.3 Å². The fraction of sp³-hybridized carbons (Fsp3) is 0.322. The lowest BCUT2D eigenvalue weighted by atomic mass is 9.85. The van der Waals surface area contributed by atoms with Crippen LogP contribution in [0.1, 0.15) is 67.4 Å². The first-order chi connectivity index (χ1) is 36.2. The van der Waals surface area contributed by atoms with Crippen LogP contribution in [-0.4, -0.2) is 115 Å². The number of likely N-dealkylation sites (N-methyl/N-ethyl adjacent to an activating group) is 1. The van der Waals surface area contributed by atoms with Gasteiger partial charge < -0.3 is 39.3 Å². The van der Waals surface area contributed by atoms with E-state index in [1.807, 2.05) is 60.3 Å². The fourth-order valence-electron chi connectivity index (χ4n) is 8.57. The molecule has 1 aliphatic heterocycles. The number of aromatic carboxylic acids is 1. The minimum atomic E-state index is -0.942. The number of ether oxygens (including phenoxy) is 1. The molecule has 8 aromatic rings. The van der Waals surface area contributed by atoms with Gasteiger partial charge in [-0.3, -0.25) is 23.7 Å². The summed E-state index contributed by atoms with van der Waals surface area (Å²) in [7, 11) is 14.9. The number of phenols is 1. The molecule has 3 N–H and O–H groups in total. The van der Waals surface area contributed by atoms with Crippen LogP contribution in [0.25, 0.3) is 21.9 Å². The molecule has 0 saturated carbocycles. The van der Waals surface area contributed by atoms with E-state index in [0.717, 1.165) is 46.2 Å². The van der Waals surface area contributed by atoms with Crippen LogP contribution in [0.3, 0.4) is 0 Å². The summed E-state index contributed by atoms with van der Waals surface area (Å²) in [6, 6.07) is 40.0. The Kier molecular flexibility index (Phi) is 21.6. The highest BCUT2D eigenvalue weighted by molar-refractivity contribution is 7.99. The highest BCUT2D eigenvalue weighted by Crippen LogP contribution is 2.48. The zero-order chi connectivity index (χ0) is 55.8. The van der Waals surface area contributed by atoms with Gasteiger partial charge in [-0.25, -0.2) is 14.6 Å². The Morgan fingerprint density at radius 3 is 1.92 bits per heavy atom. The standard InChI is InChI=1S/C17H20N2S.C14H23NO.C14H14O3.C8H10N4O2.C6H5NO2/c1-13(18(2)3)12-19-14-8-4-6-10-16(14)20-17-11-7-5-9-15(17)19;1-5-14(11(2)10-15(3)4)12-7-6-8-13(16)9-12;1-9(14(15)16)10-3-4-12-8-13(17-2)6-5-11(12)7-10;1-10-4-9-6-5(10)7(13)12(3)8(14)11(6)2;8-6(9)5-2-1-3-7-4-5/h4-11,13H,12H2,1-3H3;6-9,11,14,16H,5,10H2,1-4H3;3-9H,1-2H3,(H,15,16);4H,1-3H3;1-4H,(H,8,9)/t;11-,14+;9-;;/m.00../s1. The molecule has 0 radical (unpaired) electrons. The predicted octanol–water partition coefficient (Wildman–Crippen LogP) is 10.1. The Balaban J connectivity index is 0.000000179. The summed E-state index contributed by atoms with van der Waals surface area (Å²) in [5.74, 6) is 0.0586. The van der Waals surface area contributed by atoms with Crippen molar-refractivity contribution in [3.8, 4) is 11.5 Å². The number of aryl methyl sites for hydroxylation is 2. The van der Waals surface area contributed by atoms with Crippen molar-refractivity contribution in [2.24, 2.45) is 27.1 Å². The highest BCUT2D eigenvalue weighted by Gasteiger charge is 2.25. The fourth-order valence-corrected chi connectivity index (χ4v) is 9.67. The smallest absolute Gasteiger partial charge is 0.337 e. The number of hydrogen-bond acceptors (Lipinski definition) is 12. The third-order valence-corrected chi connectivity index (χ3v) is 14.2. The van der Waals surface area contributed by atoms with Crippen molar-refractivity contribution in [2.45, 2.75) is 61.8 Å². The number of aromatic hydroxyl groups is 1. The molecule has 1 unspecified atom stereocenters. The Hall–Kier alpha value is -7.73. The third-order valence-electron chi connectivity index (χ3n) is 13.1. The monoisotopic (exact) mass is 1050 g/mol. The number of pyridine rings is 1. The van der Waals surface area contributed by atoms with E-state index in [2.05, 4.69) is 128 Å². The average Bonchev–Trinajstić information content (AvgIpc) is 3.81. The van der Waals surface area contributed by atoms with Crippen LogP contribution in [0.5, 0.6) is 11.5 Å². The largest absolute Gasteiger partial charge is 0.508 e. The van der Waals surface area contributed by atoms with Crippen molar-refractivity contribution in [3.05, 3.63) is 178 Å². The highest BCUT2D eigenvalue weighted by atomic mass is 32.2. The molecule has 4 atom stereocenters. The number of nitrogens with zero attached hydrogens (tertiary/aromatic N) is 8. The van der Waals surface area contributed by atoms with E-state index in [1.165, 1.54) is 63.1 Å². The lowest BCUT2D eigenvalue weighted by molar-refractivity contribution is -0.138. The second kappa shape index (κ2) is 27.7. The first kappa shape index (κ1) is 59.2. The van der Waals surface area contributed by atoms with Crippen LogP contribution >= 0.6 is 11.8 Å². The van der Waals surface area contributed by atoms with Crippen molar-refractivity contribution in [1.29, 1.82) is 0 Å². The number of rotatable bonds is 12. The zero-order valence-corrected chi connectivity index (χ0v) is 46.4. The molecule has 0 amide bonds. The number of aliphatic carboxylic acids is 1. The molecule has 0 spiro atoms. The van der Waals surface area contributed by atoms with Crippen LogP contribution in [0.15, 0.2) is 159 Å².